The Bertz CT molecular complexity index is 234. The zero-order valence-corrected chi connectivity index (χ0v) is 9.83. The fourth-order valence-electron chi connectivity index (χ4n) is 2.92. The number of carbonyl (C=O) groups is 1. The van der Waals surface area contributed by atoms with E-state index in [1.165, 1.54) is 12.8 Å². The van der Waals surface area contributed by atoms with E-state index < -0.39 is 0 Å². The van der Waals surface area contributed by atoms with Crippen molar-refractivity contribution in [2.24, 2.45) is 5.92 Å². The number of hydrogen-bond acceptors (Lipinski definition) is 2. The Kier molecular flexibility index (Phi) is 3.29. The molecule has 2 heterocycles. The molecule has 2 fully saturated rings. The number of hydrogen-bond donors (Lipinski definition) is 1. The third kappa shape index (κ3) is 2.17. The third-order valence-corrected chi connectivity index (χ3v) is 3.73. The maximum atomic E-state index is 11.9. The van der Waals surface area contributed by atoms with Gasteiger partial charge in [-0.05, 0) is 31.7 Å². The van der Waals surface area contributed by atoms with Crippen LogP contribution in [0.3, 0.4) is 0 Å². The molecule has 0 aromatic rings. The van der Waals surface area contributed by atoms with Crippen LogP contribution in [0.5, 0.6) is 0 Å². The molecule has 0 bridgehead atoms. The van der Waals surface area contributed by atoms with Crippen molar-refractivity contribution in [3.05, 3.63) is 0 Å². The zero-order valence-electron chi connectivity index (χ0n) is 9.83. The summed E-state index contributed by atoms with van der Waals surface area (Å²) < 4.78 is 0. The zero-order chi connectivity index (χ0) is 10.8. The fraction of sp³-hybridized carbons (Fsp3) is 0.917. The lowest BCUT2D eigenvalue weighted by molar-refractivity contribution is -0.132. The van der Waals surface area contributed by atoms with Gasteiger partial charge in [-0.25, -0.2) is 0 Å². The summed E-state index contributed by atoms with van der Waals surface area (Å²) in [7, 11) is 0. The summed E-state index contributed by atoms with van der Waals surface area (Å²) in [6.07, 6.45) is 4.22. The summed E-state index contributed by atoms with van der Waals surface area (Å²) in [5, 5.41) is 3.40. The van der Waals surface area contributed by atoms with E-state index in [0.29, 0.717) is 23.9 Å². The maximum absolute atomic E-state index is 11.9. The first-order valence-electron chi connectivity index (χ1n) is 6.22. The molecule has 2 aliphatic rings. The SMILES string of the molecule is CC(C)[C@H]1CCC(=O)N1[C@@H]1CCCNC1. The monoisotopic (exact) mass is 210 g/mol. The van der Waals surface area contributed by atoms with E-state index in [0.717, 1.165) is 25.9 Å². The summed E-state index contributed by atoms with van der Waals surface area (Å²) in [4.78, 5) is 14.1. The van der Waals surface area contributed by atoms with Gasteiger partial charge in [0.2, 0.25) is 5.91 Å². The van der Waals surface area contributed by atoms with E-state index >= 15 is 0 Å². The highest BCUT2D eigenvalue weighted by Crippen LogP contribution is 2.28. The normalized spacial score (nSPS) is 32.7. The number of likely N-dealkylation sites (tertiary alicyclic amines) is 1. The number of nitrogens with zero attached hydrogens (tertiary/aromatic N) is 1. The Balaban J connectivity index is 2.05. The van der Waals surface area contributed by atoms with Crippen molar-refractivity contribution in [3.8, 4) is 0 Å². The topological polar surface area (TPSA) is 32.3 Å². The number of nitrogens with one attached hydrogen (secondary N) is 1. The number of piperidine rings is 1. The first-order chi connectivity index (χ1) is 7.20. The first kappa shape index (κ1) is 10.9. The predicted octanol–water partition coefficient (Wildman–Crippen LogP) is 1.39. The summed E-state index contributed by atoms with van der Waals surface area (Å²) in [6.45, 7) is 6.57. The molecule has 15 heavy (non-hydrogen) atoms. The van der Waals surface area contributed by atoms with Crippen molar-refractivity contribution < 1.29 is 4.79 Å². The summed E-state index contributed by atoms with van der Waals surface area (Å²) in [6, 6.07) is 0.948. The van der Waals surface area contributed by atoms with E-state index in [-0.39, 0.29) is 0 Å². The molecule has 2 atom stereocenters. The quantitative estimate of drug-likeness (QED) is 0.747. The van der Waals surface area contributed by atoms with Gasteiger partial charge >= 0.3 is 0 Å². The minimum atomic E-state index is 0.377. The Hall–Kier alpha value is -0.570. The molecule has 0 spiro atoms. The number of rotatable bonds is 2. The van der Waals surface area contributed by atoms with Crippen LogP contribution in [0.2, 0.25) is 0 Å². The summed E-state index contributed by atoms with van der Waals surface area (Å²) >= 11 is 0. The van der Waals surface area contributed by atoms with E-state index in [4.69, 9.17) is 0 Å². The molecule has 0 saturated carbocycles. The second-order valence-corrected chi connectivity index (χ2v) is 5.15. The predicted molar refractivity (Wildman–Crippen MR) is 60.6 cm³/mol. The van der Waals surface area contributed by atoms with Gasteiger partial charge in [0, 0.05) is 25.0 Å². The van der Waals surface area contributed by atoms with Gasteiger partial charge in [0.1, 0.15) is 0 Å². The van der Waals surface area contributed by atoms with Crippen molar-refractivity contribution in [2.75, 3.05) is 13.1 Å². The molecule has 2 aliphatic heterocycles. The number of carbonyl (C=O) groups excluding carboxylic acids is 1. The van der Waals surface area contributed by atoms with Crippen LogP contribution < -0.4 is 5.32 Å². The van der Waals surface area contributed by atoms with Crippen molar-refractivity contribution in [3.63, 3.8) is 0 Å². The standard InChI is InChI=1S/C12H22N2O/c1-9(2)11-5-6-12(15)14(11)10-4-3-7-13-8-10/h9-11,13H,3-8H2,1-2H3/t10-,11-/m1/s1. The highest BCUT2D eigenvalue weighted by molar-refractivity contribution is 5.79. The molecule has 86 valence electrons. The lowest BCUT2D eigenvalue weighted by atomic mass is 9.98. The van der Waals surface area contributed by atoms with Crippen LogP contribution in [0.4, 0.5) is 0 Å². The molecule has 1 N–H and O–H groups in total. The van der Waals surface area contributed by atoms with Crippen molar-refractivity contribution >= 4 is 5.91 Å². The molecular weight excluding hydrogens is 188 g/mol. The molecule has 0 aliphatic carbocycles. The van der Waals surface area contributed by atoms with Crippen LogP contribution in [0, 0.1) is 5.92 Å². The van der Waals surface area contributed by atoms with E-state index in [9.17, 15) is 4.79 Å². The summed E-state index contributed by atoms with van der Waals surface area (Å²) in [5.41, 5.74) is 0. The Morgan fingerprint density at radius 2 is 2.20 bits per heavy atom. The molecule has 1 amide bonds. The highest BCUT2D eigenvalue weighted by atomic mass is 16.2. The van der Waals surface area contributed by atoms with Crippen molar-refractivity contribution in [1.29, 1.82) is 0 Å². The Morgan fingerprint density at radius 1 is 1.40 bits per heavy atom. The molecule has 3 heteroatoms. The van der Waals surface area contributed by atoms with Crippen LogP contribution in [-0.4, -0.2) is 36.0 Å². The fourth-order valence-corrected chi connectivity index (χ4v) is 2.92. The van der Waals surface area contributed by atoms with Gasteiger partial charge in [-0.2, -0.15) is 0 Å². The molecule has 0 unspecified atom stereocenters. The Labute approximate surface area is 92.2 Å². The minimum absolute atomic E-state index is 0.377. The van der Waals surface area contributed by atoms with Gasteiger partial charge in [-0.1, -0.05) is 13.8 Å². The summed E-state index contributed by atoms with van der Waals surface area (Å²) in [5.74, 6) is 0.973. The number of amides is 1. The van der Waals surface area contributed by atoms with E-state index in [2.05, 4.69) is 24.1 Å². The molecular formula is C12H22N2O. The lowest BCUT2D eigenvalue weighted by Crippen LogP contribution is -2.51. The molecule has 0 radical (unpaired) electrons. The van der Waals surface area contributed by atoms with Crippen LogP contribution >= 0.6 is 0 Å². The molecule has 0 aromatic heterocycles. The molecule has 2 rings (SSSR count). The van der Waals surface area contributed by atoms with Gasteiger partial charge in [0.15, 0.2) is 0 Å². The minimum Gasteiger partial charge on any atom is -0.335 e. The van der Waals surface area contributed by atoms with Gasteiger partial charge < -0.3 is 10.2 Å². The highest BCUT2D eigenvalue weighted by Gasteiger charge is 2.37. The van der Waals surface area contributed by atoms with Crippen LogP contribution in [0.1, 0.15) is 39.5 Å². The van der Waals surface area contributed by atoms with Gasteiger partial charge in [-0.3, -0.25) is 4.79 Å². The first-order valence-corrected chi connectivity index (χ1v) is 6.22. The van der Waals surface area contributed by atoms with E-state index in [1.807, 2.05) is 0 Å². The van der Waals surface area contributed by atoms with Crippen LogP contribution in [-0.2, 0) is 4.79 Å². The van der Waals surface area contributed by atoms with Gasteiger partial charge in [-0.15, -0.1) is 0 Å². The van der Waals surface area contributed by atoms with Crippen molar-refractivity contribution in [2.45, 2.75) is 51.6 Å². The molecule has 0 aromatic carbocycles. The average molecular weight is 210 g/mol. The van der Waals surface area contributed by atoms with Gasteiger partial charge in [0.05, 0.1) is 0 Å². The second-order valence-electron chi connectivity index (χ2n) is 5.15. The average Bonchev–Trinajstić information content (AvgIpc) is 2.61. The smallest absolute Gasteiger partial charge is 0.223 e. The molecule has 2 saturated heterocycles. The Morgan fingerprint density at radius 3 is 2.80 bits per heavy atom. The lowest BCUT2D eigenvalue weighted by Gasteiger charge is -2.37. The van der Waals surface area contributed by atoms with Crippen LogP contribution in [0.15, 0.2) is 0 Å². The van der Waals surface area contributed by atoms with Gasteiger partial charge in [0.25, 0.3) is 0 Å². The van der Waals surface area contributed by atoms with Crippen molar-refractivity contribution in [1.82, 2.24) is 10.2 Å². The van der Waals surface area contributed by atoms with Crippen LogP contribution in [0.25, 0.3) is 0 Å². The molecule has 3 nitrogen and oxygen atoms in total. The largest absolute Gasteiger partial charge is 0.335 e. The van der Waals surface area contributed by atoms with E-state index in [1.54, 1.807) is 0 Å². The maximum Gasteiger partial charge on any atom is 0.223 e. The second kappa shape index (κ2) is 4.52. The third-order valence-electron chi connectivity index (χ3n) is 3.73.